The molecule has 2 amide bonds. The van der Waals surface area contributed by atoms with E-state index in [0.717, 1.165) is 22.2 Å². The fourth-order valence-electron chi connectivity index (χ4n) is 3.00. The number of rotatable bonds is 1. The third-order valence-electron chi connectivity index (χ3n) is 3.89. The minimum absolute atomic E-state index is 0.153. The number of amides is 2. The summed E-state index contributed by atoms with van der Waals surface area (Å²) in [4.78, 5) is 23.0. The summed E-state index contributed by atoms with van der Waals surface area (Å²) in [5.41, 5.74) is 13.6. The quantitative estimate of drug-likeness (QED) is 0.802. The zero-order valence-corrected chi connectivity index (χ0v) is 10.4. The molecule has 0 aliphatic heterocycles. The van der Waals surface area contributed by atoms with E-state index in [4.69, 9.17) is 11.5 Å². The predicted octanol–water partition coefficient (Wildman–Crippen LogP) is 1.16. The zero-order chi connectivity index (χ0) is 13.6. The van der Waals surface area contributed by atoms with Gasteiger partial charge in [0.2, 0.25) is 5.91 Å². The standard InChI is InChI=1S/C14H15N3O2/c15-13(18)8-5-6-12-10(7-8)9-3-1-2-4-11(9)17(12)14(16)19/h1-4,8H,5-7H2,(H2,15,18)(H2,16,19). The first-order chi connectivity index (χ1) is 9.09. The van der Waals surface area contributed by atoms with E-state index in [9.17, 15) is 9.59 Å². The molecular formula is C14H15N3O2. The van der Waals surface area contributed by atoms with Crippen molar-refractivity contribution in [1.29, 1.82) is 0 Å². The minimum Gasteiger partial charge on any atom is -0.369 e. The van der Waals surface area contributed by atoms with Gasteiger partial charge in [-0.05, 0) is 30.9 Å². The Kier molecular flexibility index (Phi) is 2.55. The maximum atomic E-state index is 11.7. The van der Waals surface area contributed by atoms with Crippen molar-refractivity contribution in [3.63, 3.8) is 0 Å². The first kappa shape index (κ1) is 11.8. The van der Waals surface area contributed by atoms with Gasteiger partial charge in [0, 0.05) is 17.0 Å². The third-order valence-corrected chi connectivity index (χ3v) is 3.89. The molecule has 1 unspecified atom stereocenters. The second kappa shape index (κ2) is 4.12. The van der Waals surface area contributed by atoms with Crippen LogP contribution in [0.3, 0.4) is 0 Å². The highest BCUT2D eigenvalue weighted by Crippen LogP contribution is 2.33. The van der Waals surface area contributed by atoms with Crippen LogP contribution < -0.4 is 11.5 Å². The van der Waals surface area contributed by atoms with Crippen LogP contribution in [-0.2, 0) is 17.6 Å². The molecule has 98 valence electrons. The number of benzene rings is 1. The number of primary amides is 2. The van der Waals surface area contributed by atoms with Crippen molar-refractivity contribution in [1.82, 2.24) is 4.57 Å². The van der Waals surface area contributed by atoms with Crippen LogP contribution in [0, 0.1) is 5.92 Å². The van der Waals surface area contributed by atoms with Gasteiger partial charge in [-0.2, -0.15) is 0 Å². The second-order valence-electron chi connectivity index (χ2n) is 4.96. The van der Waals surface area contributed by atoms with Gasteiger partial charge in [0.25, 0.3) is 0 Å². The first-order valence-electron chi connectivity index (χ1n) is 6.30. The molecule has 1 aromatic heterocycles. The average Bonchev–Trinajstić information content (AvgIpc) is 2.72. The Morgan fingerprint density at radius 3 is 2.63 bits per heavy atom. The lowest BCUT2D eigenvalue weighted by Gasteiger charge is -2.20. The predicted molar refractivity (Wildman–Crippen MR) is 71.6 cm³/mol. The number of fused-ring (bicyclic) bond motifs is 3. The zero-order valence-electron chi connectivity index (χ0n) is 10.4. The number of carbonyl (C=O) groups is 2. The van der Waals surface area contributed by atoms with Crippen molar-refractivity contribution in [3.8, 4) is 0 Å². The Balaban J connectivity index is 2.24. The lowest BCUT2D eigenvalue weighted by molar-refractivity contribution is -0.122. The number of nitrogens with two attached hydrogens (primary N) is 2. The van der Waals surface area contributed by atoms with E-state index in [2.05, 4.69) is 0 Å². The molecule has 1 aromatic carbocycles. The molecule has 1 aliphatic carbocycles. The van der Waals surface area contributed by atoms with Crippen LogP contribution in [0.4, 0.5) is 4.79 Å². The number of carbonyl (C=O) groups excluding carboxylic acids is 2. The molecule has 1 aliphatic rings. The van der Waals surface area contributed by atoms with Crippen LogP contribution in [0.5, 0.6) is 0 Å². The van der Waals surface area contributed by atoms with E-state index in [0.29, 0.717) is 19.3 Å². The third kappa shape index (κ3) is 1.69. The highest BCUT2D eigenvalue weighted by atomic mass is 16.2. The number of hydrogen-bond acceptors (Lipinski definition) is 2. The van der Waals surface area contributed by atoms with E-state index < -0.39 is 6.03 Å². The smallest absolute Gasteiger partial charge is 0.323 e. The summed E-state index contributed by atoms with van der Waals surface area (Å²) in [5.74, 6) is -0.429. The van der Waals surface area contributed by atoms with E-state index in [-0.39, 0.29) is 11.8 Å². The van der Waals surface area contributed by atoms with Gasteiger partial charge in [0.05, 0.1) is 5.52 Å². The highest BCUT2D eigenvalue weighted by Gasteiger charge is 2.29. The Bertz CT molecular complexity index is 687. The van der Waals surface area contributed by atoms with Crippen LogP contribution in [0.1, 0.15) is 17.7 Å². The lowest BCUT2D eigenvalue weighted by Crippen LogP contribution is -2.30. The number of para-hydroxylation sites is 1. The number of nitrogens with zero attached hydrogens (tertiary/aromatic N) is 1. The van der Waals surface area contributed by atoms with Gasteiger partial charge in [0.15, 0.2) is 0 Å². The number of aromatic nitrogens is 1. The monoisotopic (exact) mass is 257 g/mol. The molecule has 0 spiro atoms. The van der Waals surface area contributed by atoms with E-state index in [1.165, 1.54) is 0 Å². The molecule has 19 heavy (non-hydrogen) atoms. The van der Waals surface area contributed by atoms with Crippen molar-refractivity contribution in [2.75, 3.05) is 0 Å². The molecule has 1 heterocycles. The van der Waals surface area contributed by atoms with E-state index in [1.54, 1.807) is 4.57 Å². The largest absolute Gasteiger partial charge is 0.369 e. The Labute approximate surface area is 110 Å². The van der Waals surface area contributed by atoms with Crippen LogP contribution in [-0.4, -0.2) is 16.5 Å². The van der Waals surface area contributed by atoms with Crippen molar-refractivity contribution in [2.24, 2.45) is 17.4 Å². The van der Waals surface area contributed by atoms with Crippen LogP contribution in [0.25, 0.3) is 10.9 Å². The summed E-state index contributed by atoms with van der Waals surface area (Å²) in [7, 11) is 0. The van der Waals surface area contributed by atoms with Crippen molar-refractivity contribution in [2.45, 2.75) is 19.3 Å². The summed E-state index contributed by atoms with van der Waals surface area (Å²) >= 11 is 0. The topological polar surface area (TPSA) is 91.1 Å². The molecular weight excluding hydrogens is 242 g/mol. The molecule has 4 N–H and O–H groups in total. The van der Waals surface area contributed by atoms with Gasteiger partial charge in [-0.1, -0.05) is 18.2 Å². The van der Waals surface area contributed by atoms with Gasteiger partial charge < -0.3 is 11.5 Å². The molecule has 0 saturated heterocycles. The lowest BCUT2D eigenvalue weighted by atomic mass is 9.86. The fourth-order valence-corrected chi connectivity index (χ4v) is 3.00. The van der Waals surface area contributed by atoms with Crippen molar-refractivity contribution >= 4 is 22.8 Å². The first-order valence-corrected chi connectivity index (χ1v) is 6.30. The second-order valence-corrected chi connectivity index (χ2v) is 4.96. The summed E-state index contributed by atoms with van der Waals surface area (Å²) in [5, 5.41) is 0.988. The maximum Gasteiger partial charge on any atom is 0.323 e. The Morgan fingerprint density at radius 1 is 1.21 bits per heavy atom. The molecule has 0 bridgehead atoms. The molecule has 2 aromatic rings. The van der Waals surface area contributed by atoms with E-state index >= 15 is 0 Å². The normalized spacial score (nSPS) is 18.2. The SMILES string of the molecule is NC(=O)C1CCc2c(c3ccccc3n2C(N)=O)C1. The summed E-state index contributed by atoms with van der Waals surface area (Å²) in [6, 6.07) is 7.14. The summed E-state index contributed by atoms with van der Waals surface area (Å²) < 4.78 is 1.56. The van der Waals surface area contributed by atoms with Crippen molar-refractivity contribution in [3.05, 3.63) is 35.5 Å². The molecule has 0 saturated carbocycles. The van der Waals surface area contributed by atoms with Crippen LogP contribution in [0.2, 0.25) is 0 Å². The Morgan fingerprint density at radius 2 is 1.95 bits per heavy atom. The average molecular weight is 257 g/mol. The van der Waals surface area contributed by atoms with Crippen LogP contribution >= 0.6 is 0 Å². The summed E-state index contributed by atoms with van der Waals surface area (Å²) in [6.07, 6.45) is 1.91. The fraction of sp³-hybridized carbons (Fsp3) is 0.286. The van der Waals surface area contributed by atoms with Gasteiger partial charge in [-0.15, -0.1) is 0 Å². The van der Waals surface area contributed by atoms with E-state index in [1.807, 2.05) is 24.3 Å². The van der Waals surface area contributed by atoms with Gasteiger partial charge in [-0.3, -0.25) is 9.36 Å². The molecule has 1 atom stereocenters. The molecule has 5 heteroatoms. The minimum atomic E-state index is -0.477. The molecule has 0 radical (unpaired) electrons. The van der Waals surface area contributed by atoms with Gasteiger partial charge in [-0.25, -0.2) is 4.79 Å². The highest BCUT2D eigenvalue weighted by molar-refractivity contribution is 5.95. The van der Waals surface area contributed by atoms with Crippen LogP contribution in [0.15, 0.2) is 24.3 Å². The molecule has 0 fully saturated rings. The summed E-state index contributed by atoms with van der Waals surface area (Å²) in [6.45, 7) is 0. The number of hydrogen-bond donors (Lipinski definition) is 2. The van der Waals surface area contributed by atoms with Gasteiger partial charge >= 0.3 is 6.03 Å². The maximum absolute atomic E-state index is 11.7. The molecule has 3 rings (SSSR count). The van der Waals surface area contributed by atoms with Crippen molar-refractivity contribution < 1.29 is 9.59 Å². The Hall–Kier alpha value is -2.30. The van der Waals surface area contributed by atoms with Gasteiger partial charge in [0.1, 0.15) is 0 Å². The molecule has 5 nitrogen and oxygen atoms in total.